The number of nitrogens with one attached hydrogen (secondary N) is 3. The number of anilines is 2. The van der Waals surface area contributed by atoms with E-state index in [-0.39, 0.29) is 74.1 Å². The maximum absolute atomic E-state index is 13.2. The Labute approximate surface area is 589 Å². The largest absolute Gasteiger partial charge is 0.465 e. The van der Waals surface area contributed by atoms with Crippen LogP contribution >= 0.6 is 12.4 Å². The number of rotatable bonds is 14. The maximum atomic E-state index is 13.2. The molecule has 0 spiro atoms. The molecule has 2 saturated heterocycles. The summed E-state index contributed by atoms with van der Waals surface area (Å²) in [6, 6.07) is 17.2. The van der Waals surface area contributed by atoms with Gasteiger partial charge in [0.15, 0.2) is 0 Å². The molecule has 2 unspecified atom stereocenters. The third-order valence-corrected chi connectivity index (χ3v) is 20.3. The molecule has 4 fully saturated rings. The Morgan fingerprint density at radius 2 is 0.939 bits per heavy atom. The number of benzene rings is 2. The number of likely N-dealkylation sites (N-methyl/N-ethyl adjacent to an activating group) is 2. The summed E-state index contributed by atoms with van der Waals surface area (Å²) < 4.78 is 8.30. The second-order valence-electron chi connectivity index (χ2n) is 30.5. The summed E-state index contributed by atoms with van der Waals surface area (Å²) in [6.07, 6.45) is 16.0. The molecular weight excluding hydrogens is 1280 g/mol. The predicted octanol–water partition coefficient (Wildman–Crippen LogP) is 8.00. The van der Waals surface area contributed by atoms with Gasteiger partial charge in [-0.1, -0.05) is 26.0 Å². The average Bonchev–Trinajstić information content (AvgIpc) is 0.813. The average molecular weight is 1390 g/mol. The van der Waals surface area contributed by atoms with Gasteiger partial charge in [-0.2, -0.15) is 9.97 Å². The van der Waals surface area contributed by atoms with Crippen molar-refractivity contribution in [2.24, 2.45) is 11.5 Å². The number of urea groups is 2. The fraction of sp³-hybridized carbons (Fsp3) is 0.639. The summed E-state index contributed by atoms with van der Waals surface area (Å²) in [5, 5.41) is 18.0. The van der Waals surface area contributed by atoms with E-state index >= 15 is 0 Å². The number of halogens is 1. The van der Waals surface area contributed by atoms with Crippen molar-refractivity contribution in [3.8, 4) is 11.4 Å². The van der Waals surface area contributed by atoms with E-state index in [0.717, 1.165) is 102 Å². The molecule has 27 heteroatoms. The van der Waals surface area contributed by atoms with Gasteiger partial charge in [-0.15, -0.1) is 12.4 Å². The molecule has 8 N–H and O–H groups in total. The van der Waals surface area contributed by atoms with E-state index in [1.807, 2.05) is 32.9 Å². The van der Waals surface area contributed by atoms with E-state index in [0.29, 0.717) is 56.4 Å². The molecule has 2 aliphatic heterocycles. The van der Waals surface area contributed by atoms with E-state index in [1.165, 1.54) is 44.2 Å². The van der Waals surface area contributed by atoms with E-state index in [2.05, 4.69) is 73.8 Å². The Hall–Kier alpha value is -7.65. The molecule has 0 radical (unpaired) electrons. The lowest BCUT2D eigenvalue weighted by atomic mass is 9.83. The topological polar surface area (TPSA) is 312 Å². The van der Waals surface area contributed by atoms with Crippen molar-refractivity contribution in [2.45, 2.75) is 231 Å². The van der Waals surface area contributed by atoms with E-state index in [4.69, 9.17) is 16.2 Å². The number of nitrogens with two attached hydrogens (primary N) is 2. The van der Waals surface area contributed by atoms with Crippen LogP contribution in [0.1, 0.15) is 170 Å². The quantitative estimate of drug-likeness (QED) is 0.0696. The highest BCUT2D eigenvalue weighted by Gasteiger charge is 2.41. The third-order valence-electron chi connectivity index (χ3n) is 20.3. The fourth-order valence-electron chi connectivity index (χ4n) is 15.4. The van der Waals surface area contributed by atoms with Crippen molar-refractivity contribution >= 4 is 60.1 Å². The van der Waals surface area contributed by atoms with Crippen molar-refractivity contribution < 1.29 is 38.6 Å². The minimum atomic E-state index is -1.20. The smallest absolute Gasteiger partial charge is 0.408 e. The number of hydrogen-bond acceptors (Lipinski definition) is 15. The first-order valence-corrected chi connectivity index (χ1v) is 35.4. The second kappa shape index (κ2) is 32.3. The van der Waals surface area contributed by atoms with E-state index in [1.54, 1.807) is 97.5 Å². The Kier molecular flexibility index (Phi) is 25.2. The number of fused-ring (bicyclic) bond motifs is 2. The highest BCUT2D eigenvalue weighted by molar-refractivity contribution is 5.91. The van der Waals surface area contributed by atoms with Crippen LogP contribution in [0.4, 0.5) is 30.8 Å². The number of aromatic nitrogens is 4. The van der Waals surface area contributed by atoms with Crippen molar-refractivity contribution in [2.75, 3.05) is 76.1 Å². The van der Waals surface area contributed by atoms with Crippen LogP contribution in [0.25, 0.3) is 11.4 Å². The molecule has 2 atom stereocenters. The van der Waals surface area contributed by atoms with Crippen molar-refractivity contribution in [1.29, 1.82) is 0 Å². The minimum Gasteiger partial charge on any atom is -0.465 e. The van der Waals surface area contributed by atoms with Crippen LogP contribution in [0, 0.1) is 0 Å². The molecule has 8 amide bonds. The van der Waals surface area contributed by atoms with Crippen molar-refractivity contribution in [3.63, 3.8) is 0 Å². The van der Waals surface area contributed by atoms with Crippen LogP contribution in [-0.4, -0.2) is 218 Å². The van der Waals surface area contributed by atoms with Gasteiger partial charge >= 0.3 is 35.6 Å². The van der Waals surface area contributed by atoms with Gasteiger partial charge in [0.1, 0.15) is 22.8 Å². The fourth-order valence-corrected chi connectivity index (χ4v) is 15.4. The molecule has 26 nitrogen and oxygen atoms in total. The van der Waals surface area contributed by atoms with Crippen LogP contribution in [-0.2, 0) is 40.0 Å². The van der Waals surface area contributed by atoms with E-state index < -0.39 is 51.8 Å². The first kappa shape index (κ1) is 77.1. The highest BCUT2D eigenvalue weighted by atomic mass is 35.5. The van der Waals surface area contributed by atoms with Crippen LogP contribution in [0.5, 0.6) is 0 Å². The highest BCUT2D eigenvalue weighted by Crippen LogP contribution is 2.36. The molecule has 4 heterocycles. The Morgan fingerprint density at radius 1 is 0.545 bits per heavy atom. The number of nitrogens with zero attached hydrogens (tertiary/aromatic N) is 11. The van der Waals surface area contributed by atoms with Gasteiger partial charge in [0.2, 0.25) is 11.8 Å². The number of carboxylic acid groups (broad SMARTS) is 1. The first-order chi connectivity index (χ1) is 46.2. The zero-order valence-corrected chi connectivity index (χ0v) is 61.1. The molecule has 2 aromatic heterocycles. The van der Waals surface area contributed by atoms with Crippen LogP contribution in [0.15, 0.2) is 70.5 Å². The first-order valence-electron chi connectivity index (χ1n) is 35.4. The lowest BCUT2D eigenvalue weighted by Crippen LogP contribution is -2.60. The number of amides is 8. The number of aryl methyl sites for hydroxylation is 2. The minimum absolute atomic E-state index is 0. The van der Waals surface area contributed by atoms with Gasteiger partial charge in [-0.3, -0.25) is 39.2 Å². The maximum Gasteiger partial charge on any atom is 0.408 e. The number of ether oxygens (including phenoxy) is 1. The molecule has 4 aliphatic carbocycles. The van der Waals surface area contributed by atoms with Gasteiger partial charge < -0.3 is 51.1 Å². The number of carbonyl (C=O) groups is 6. The summed E-state index contributed by atoms with van der Waals surface area (Å²) in [5.41, 5.74) is 14.5. The molecule has 99 heavy (non-hydrogen) atoms. The van der Waals surface area contributed by atoms with Crippen LogP contribution in [0.2, 0.25) is 0 Å². The Morgan fingerprint density at radius 3 is 1.31 bits per heavy atom. The zero-order chi connectivity index (χ0) is 71.2. The summed E-state index contributed by atoms with van der Waals surface area (Å²) in [4.78, 5) is 124. The predicted molar refractivity (Wildman–Crippen MR) is 385 cm³/mol. The lowest BCUT2D eigenvalue weighted by Gasteiger charge is -2.46. The van der Waals surface area contributed by atoms with Crippen molar-refractivity contribution in [1.82, 2.24) is 58.7 Å². The molecule has 6 aliphatic rings. The summed E-state index contributed by atoms with van der Waals surface area (Å²) in [6.45, 7) is 26.9. The monoisotopic (exact) mass is 1390 g/mol. The van der Waals surface area contributed by atoms with E-state index in [9.17, 15) is 43.5 Å². The number of hydrogen-bond donors (Lipinski definition) is 6. The molecule has 4 aromatic rings. The summed E-state index contributed by atoms with van der Waals surface area (Å²) >= 11 is 0. The summed E-state index contributed by atoms with van der Waals surface area (Å²) in [5.74, 6) is -0.0732. The third kappa shape index (κ3) is 19.5. The number of alkyl carbamates (subject to hydrolysis) is 1. The molecule has 544 valence electrons. The molecule has 0 bridgehead atoms. The zero-order valence-electron chi connectivity index (χ0n) is 60.3. The van der Waals surface area contributed by atoms with Crippen molar-refractivity contribution in [3.05, 3.63) is 104 Å². The Balaban J connectivity index is 0.000000259. The van der Waals surface area contributed by atoms with Gasteiger partial charge in [-0.05, 0) is 231 Å². The summed E-state index contributed by atoms with van der Waals surface area (Å²) in [7, 11) is 0. The van der Waals surface area contributed by atoms with Gasteiger partial charge in [-0.25, -0.2) is 28.8 Å². The van der Waals surface area contributed by atoms with Crippen LogP contribution < -0.4 is 38.8 Å². The molecule has 2 aromatic carbocycles. The standard InChI is InChI=1S/C41H62N8O7.C31H46N8O3.ClH/c1-10-47(29-15-17-30(18-16-29)49(38(54)55)39(2,3)4)31-13-11-28-26-32(14-12-27(28)25-31)48-20-19-33(43-36(48)52)42-35(51)46-23-21-45(22-24-46)34(50)41(8,9)44-37(53)56-40(5,6)7;1-4-38(24-11-7-23(32)8-12-24)25-9-5-22-20-26(10-6-21(22)19-25)39-14-13-27(35-30(39)42)34-29(41)37-17-15-36(16-18-37)28(40)31(2,3)33;/h12,14,19-20,26,29-31H,10-11,13,15-18,21-25H2,1-9H3,(H,44,53)(H,54,55)(H,42,43,51,52);6,10,13-14,20,23-25H,4-5,7-9,11-12,15-19,32-33H2,1-3H3,(H,34,35,41,42);1H. The molecule has 10 rings (SSSR count). The normalized spacial score (nSPS) is 21.4. The lowest BCUT2D eigenvalue weighted by molar-refractivity contribution is -0.138. The SMILES string of the molecule is CCN(C1CCC(N(C(=O)O)C(C)(C)C)CC1)C1CCc2cc(-n3ccc(NC(=O)N4CCN(C(=O)C(C)(C)NC(=O)OC(C)(C)C)CC4)nc3=O)ccc2C1.CCN(C1CCC(N)CC1)C1CCc2cc(-n3ccc(NC(=O)N4CCN(C(=O)C(C)(C)N)CC4)nc3=O)ccc2C1.Cl. The molecule has 2 saturated carbocycles. The van der Waals surface area contributed by atoms with Gasteiger partial charge in [0.05, 0.1) is 16.9 Å². The van der Waals surface area contributed by atoms with Crippen LogP contribution in [0.3, 0.4) is 0 Å². The number of piperazine rings is 2. The second-order valence-corrected chi connectivity index (χ2v) is 30.5. The number of carbonyl (C=O) groups excluding carboxylic acids is 5. The Bertz CT molecular complexity index is 3620. The van der Waals surface area contributed by atoms with Gasteiger partial charge in [0.25, 0.3) is 0 Å². The molecular formula is C72H109ClN16O10. The van der Waals surface area contributed by atoms with Gasteiger partial charge in [0, 0.05) is 107 Å².